The van der Waals surface area contributed by atoms with E-state index < -0.39 is 0 Å². The van der Waals surface area contributed by atoms with Crippen molar-refractivity contribution in [3.8, 4) is 0 Å². The zero-order valence-corrected chi connectivity index (χ0v) is 15.3. The Labute approximate surface area is 145 Å². The van der Waals surface area contributed by atoms with E-state index in [9.17, 15) is 4.39 Å². The Morgan fingerprint density at radius 3 is 2.96 bits per heavy atom. The number of benzene rings is 1. The maximum atomic E-state index is 13.9. The lowest BCUT2D eigenvalue weighted by Gasteiger charge is -2.54. The summed E-state index contributed by atoms with van der Waals surface area (Å²) in [5, 5.41) is 6.70. The first-order chi connectivity index (χ1) is 10.9. The second-order valence-electron chi connectivity index (χ2n) is 6.85. The number of nitrogens with zero attached hydrogens (tertiary/aromatic N) is 1. The molecule has 2 aliphatic rings. The van der Waals surface area contributed by atoms with Crippen LogP contribution in [0, 0.1) is 17.2 Å². The molecular weight excluding hydrogens is 361 g/mol. The summed E-state index contributed by atoms with van der Waals surface area (Å²) in [6.45, 7) is 5.68. The van der Waals surface area contributed by atoms with E-state index in [0.29, 0.717) is 36.1 Å². The topological polar surface area (TPSA) is 45.7 Å². The van der Waals surface area contributed by atoms with Gasteiger partial charge in [-0.1, -0.05) is 35.8 Å². The van der Waals surface area contributed by atoms with Gasteiger partial charge >= 0.3 is 0 Å². The molecule has 1 saturated carbocycles. The van der Waals surface area contributed by atoms with Crippen LogP contribution in [0.5, 0.6) is 0 Å². The molecule has 1 heterocycles. The Morgan fingerprint density at radius 2 is 2.26 bits per heavy atom. The van der Waals surface area contributed by atoms with Gasteiger partial charge in [-0.25, -0.2) is 4.39 Å². The summed E-state index contributed by atoms with van der Waals surface area (Å²) in [5.74, 6) is 1.01. The molecule has 6 heteroatoms. The van der Waals surface area contributed by atoms with Crippen LogP contribution in [0.2, 0.25) is 0 Å². The molecule has 23 heavy (non-hydrogen) atoms. The highest BCUT2D eigenvalue weighted by atomic mass is 79.9. The minimum atomic E-state index is -0.226. The zero-order valence-electron chi connectivity index (χ0n) is 13.7. The van der Waals surface area contributed by atoms with E-state index in [1.165, 1.54) is 6.07 Å². The summed E-state index contributed by atoms with van der Waals surface area (Å²) in [4.78, 5) is 4.27. The number of hydrogen-bond donors (Lipinski definition) is 2. The minimum Gasteiger partial charge on any atom is -0.377 e. The number of ether oxygens (including phenoxy) is 1. The van der Waals surface area contributed by atoms with Crippen molar-refractivity contribution in [2.75, 3.05) is 13.7 Å². The van der Waals surface area contributed by atoms with E-state index in [1.807, 2.05) is 6.07 Å². The molecule has 0 amide bonds. The molecule has 1 aliphatic carbocycles. The number of halogens is 2. The first-order valence-corrected chi connectivity index (χ1v) is 8.75. The Kier molecular flexibility index (Phi) is 4.65. The summed E-state index contributed by atoms with van der Waals surface area (Å²) < 4.78 is 20.5. The minimum absolute atomic E-state index is 0.0850. The van der Waals surface area contributed by atoms with Crippen molar-refractivity contribution in [2.45, 2.75) is 39.0 Å². The largest absolute Gasteiger partial charge is 0.377 e. The second kappa shape index (κ2) is 6.40. The molecule has 4 nitrogen and oxygen atoms in total. The van der Waals surface area contributed by atoms with E-state index in [1.54, 1.807) is 13.1 Å². The van der Waals surface area contributed by atoms with Crippen LogP contribution in [0.1, 0.15) is 25.8 Å². The highest BCUT2D eigenvalue weighted by Gasteiger charge is 2.59. The van der Waals surface area contributed by atoms with Crippen LogP contribution in [0.4, 0.5) is 4.39 Å². The van der Waals surface area contributed by atoms with Gasteiger partial charge in [0.25, 0.3) is 0 Å². The van der Waals surface area contributed by atoms with Crippen molar-refractivity contribution in [3.05, 3.63) is 34.1 Å². The van der Waals surface area contributed by atoms with Crippen molar-refractivity contribution in [2.24, 2.45) is 16.3 Å². The predicted octanol–water partition coefficient (Wildman–Crippen LogP) is 3.07. The summed E-state index contributed by atoms with van der Waals surface area (Å²) in [5.41, 5.74) is 0.702. The zero-order chi connectivity index (χ0) is 16.6. The molecule has 1 aliphatic heterocycles. The second-order valence-corrected chi connectivity index (χ2v) is 7.76. The standard InChI is InChI=1S/C17H23BrFN3O/c1-17(2)14(12-6-7-23-15(12)17)22-16(20-3)21-9-10-4-5-11(18)8-13(10)19/h4-5,8,12,14-15H,6-7,9H2,1-3H3,(H2,20,21,22). The number of aliphatic imine (C=N–C) groups is 1. The van der Waals surface area contributed by atoms with Crippen LogP contribution >= 0.6 is 15.9 Å². The van der Waals surface area contributed by atoms with E-state index in [-0.39, 0.29) is 11.2 Å². The molecule has 0 spiro atoms. The van der Waals surface area contributed by atoms with Gasteiger partial charge in [-0.3, -0.25) is 4.99 Å². The van der Waals surface area contributed by atoms with Crippen molar-refractivity contribution >= 4 is 21.9 Å². The molecule has 3 unspecified atom stereocenters. The van der Waals surface area contributed by atoms with E-state index in [2.05, 4.69) is 45.4 Å². The van der Waals surface area contributed by atoms with Crippen LogP contribution in [-0.2, 0) is 11.3 Å². The molecule has 2 fully saturated rings. The van der Waals surface area contributed by atoms with Crippen molar-refractivity contribution in [1.29, 1.82) is 0 Å². The van der Waals surface area contributed by atoms with E-state index in [0.717, 1.165) is 17.5 Å². The molecule has 0 radical (unpaired) electrons. The first kappa shape index (κ1) is 16.7. The van der Waals surface area contributed by atoms with Crippen LogP contribution < -0.4 is 10.6 Å². The van der Waals surface area contributed by atoms with Crippen LogP contribution in [-0.4, -0.2) is 31.8 Å². The Balaban J connectivity index is 1.61. The molecule has 1 aromatic carbocycles. The average Bonchev–Trinajstić information content (AvgIpc) is 2.96. The SMILES string of the molecule is CN=C(NCc1ccc(Br)cc1F)NC1C2CCOC2C1(C)C. The highest BCUT2D eigenvalue weighted by Crippen LogP contribution is 2.52. The van der Waals surface area contributed by atoms with Gasteiger partial charge in [-0.05, 0) is 18.6 Å². The van der Waals surface area contributed by atoms with Crippen LogP contribution in [0.3, 0.4) is 0 Å². The van der Waals surface area contributed by atoms with Gasteiger partial charge in [0, 0.05) is 47.6 Å². The molecular formula is C17H23BrFN3O. The van der Waals surface area contributed by atoms with Gasteiger partial charge in [-0.15, -0.1) is 0 Å². The lowest BCUT2D eigenvalue weighted by Crippen LogP contribution is -2.67. The molecule has 1 saturated heterocycles. The average molecular weight is 384 g/mol. The molecule has 3 atom stereocenters. The summed E-state index contributed by atoms with van der Waals surface area (Å²) in [6, 6.07) is 5.42. The van der Waals surface area contributed by atoms with Crippen molar-refractivity contribution in [3.63, 3.8) is 0 Å². The lowest BCUT2D eigenvalue weighted by atomic mass is 9.57. The molecule has 0 bridgehead atoms. The monoisotopic (exact) mass is 383 g/mol. The number of nitrogens with one attached hydrogen (secondary N) is 2. The Bertz CT molecular complexity index is 620. The van der Waals surface area contributed by atoms with Gasteiger partial charge in [0.05, 0.1) is 6.10 Å². The Morgan fingerprint density at radius 1 is 1.48 bits per heavy atom. The number of guanidine groups is 1. The third kappa shape index (κ3) is 3.11. The van der Waals surface area contributed by atoms with Gasteiger partial charge in [0.15, 0.2) is 5.96 Å². The lowest BCUT2D eigenvalue weighted by molar-refractivity contribution is -0.106. The fourth-order valence-electron chi connectivity index (χ4n) is 3.80. The number of hydrogen-bond acceptors (Lipinski definition) is 2. The number of fused-ring (bicyclic) bond motifs is 1. The van der Waals surface area contributed by atoms with Crippen molar-refractivity contribution < 1.29 is 9.13 Å². The van der Waals surface area contributed by atoms with Gasteiger partial charge in [-0.2, -0.15) is 0 Å². The summed E-state index contributed by atoms with van der Waals surface area (Å²) >= 11 is 3.27. The summed E-state index contributed by atoms with van der Waals surface area (Å²) in [7, 11) is 1.74. The van der Waals surface area contributed by atoms with Crippen LogP contribution in [0.15, 0.2) is 27.7 Å². The molecule has 126 valence electrons. The smallest absolute Gasteiger partial charge is 0.191 e. The fourth-order valence-corrected chi connectivity index (χ4v) is 4.14. The third-order valence-electron chi connectivity index (χ3n) is 5.08. The fraction of sp³-hybridized carbons (Fsp3) is 0.588. The van der Waals surface area contributed by atoms with E-state index >= 15 is 0 Å². The highest BCUT2D eigenvalue weighted by molar-refractivity contribution is 9.10. The first-order valence-electron chi connectivity index (χ1n) is 7.96. The maximum Gasteiger partial charge on any atom is 0.191 e. The Hall–Kier alpha value is -1.14. The maximum absolute atomic E-state index is 13.9. The quantitative estimate of drug-likeness (QED) is 0.622. The van der Waals surface area contributed by atoms with Crippen molar-refractivity contribution in [1.82, 2.24) is 10.6 Å². The number of rotatable bonds is 3. The third-order valence-corrected chi connectivity index (χ3v) is 5.57. The predicted molar refractivity (Wildman–Crippen MR) is 92.9 cm³/mol. The van der Waals surface area contributed by atoms with Gasteiger partial charge in [0.2, 0.25) is 0 Å². The molecule has 2 N–H and O–H groups in total. The molecule has 3 rings (SSSR count). The van der Waals surface area contributed by atoms with Crippen LogP contribution in [0.25, 0.3) is 0 Å². The normalized spacial score (nSPS) is 28.9. The van der Waals surface area contributed by atoms with E-state index in [4.69, 9.17) is 4.74 Å². The van der Waals surface area contributed by atoms with Gasteiger partial charge < -0.3 is 15.4 Å². The van der Waals surface area contributed by atoms with Gasteiger partial charge in [0.1, 0.15) is 5.82 Å². The molecule has 0 aromatic heterocycles. The molecule has 1 aromatic rings. The summed E-state index contributed by atoms with van der Waals surface area (Å²) in [6.07, 6.45) is 1.42.